The summed E-state index contributed by atoms with van der Waals surface area (Å²) in [4.78, 5) is 22.0. The zero-order valence-electron chi connectivity index (χ0n) is 13.5. The summed E-state index contributed by atoms with van der Waals surface area (Å²) in [6.45, 7) is 2.03. The van der Waals surface area contributed by atoms with Crippen molar-refractivity contribution in [2.24, 2.45) is 0 Å². The third-order valence-corrected chi connectivity index (χ3v) is 4.02. The van der Waals surface area contributed by atoms with Gasteiger partial charge in [0.1, 0.15) is 0 Å². The molecular formula is C18H30O3. The number of carbonyl (C=O) groups excluding carboxylic acids is 2. The van der Waals surface area contributed by atoms with E-state index in [4.69, 9.17) is 4.74 Å². The summed E-state index contributed by atoms with van der Waals surface area (Å²) >= 11 is 0. The Morgan fingerprint density at radius 2 is 1.57 bits per heavy atom. The van der Waals surface area contributed by atoms with Gasteiger partial charge in [0.15, 0.2) is 5.78 Å². The first kappa shape index (κ1) is 17.9. The van der Waals surface area contributed by atoms with E-state index in [1.807, 2.05) is 0 Å². The van der Waals surface area contributed by atoms with E-state index in [9.17, 15) is 9.59 Å². The predicted molar refractivity (Wildman–Crippen MR) is 85.1 cm³/mol. The van der Waals surface area contributed by atoms with Crippen LogP contribution in [0, 0.1) is 0 Å². The zero-order chi connectivity index (χ0) is 15.3. The molecule has 0 atom stereocenters. The van der Waals surface area contributed by atoms with E-state index in [1.165, 1.54) is 51.9 Å². The summed E-state index contributed by atoms with van der Waals surface area (Å²) in [6, 6.07) is 0. The molecule has 0 aromatic rings. The molecule has 0 heterocycles. The number of rotatable bonds is 12. The van der Waals surface area contributed by atoms with Crippen molar-refractivity contribution in [3.8, 4) is 0 Å². The molecule has 3 heteroatoms. The lowest BCUT2D eigenvalue weighted by atomic mass is 10.0. The number of carbonyl (C=O) groups is 2. The van der Waals surface area contributed by atoms with Crippen LogP contribution < -0.4 is 0 Å². The van der Waals surface area contributed by atoms with E-state index in [2.05, 4.69) is 6.08 Å². The minimum absolute atomic E-state index is 0.176. The molecule has 0 N–H and O–H groups in total. The molecule has 120 valence electrons. The molecule has 21 heavy (non-hydrogen) atoms. The van der Waals surface area contributed by atoms with Crippen LogP contribution in [0.15, 0.2) is 11.6 Å². The first-order valence-corrected chi connectivity index (χ1v) is 8.56. The number of hydrogen-bond acceptors (Lipinski definition) is 3. The van der Waals surface area contributed by atoms with Gasteiger partial charge in [0.25, 0.3) is 0 Å². The second-order valence-corrected chi connectivity index (χ2v) is 5.96. The molecule has 0 unspecified atom stereocenters. The molecule has 0 aliphatic heterocycles. The van der Waals surface area contributed by atoms with Crippen molar-refractivity contribution in [3.63, 3.8) is 0 Å². The summed E-state index contributed by atoms with van der Waals surface area (Å²) < 4.78 is 4.90. The topological polar surface area (TPSA) is 43.4 Å². The van der Waals surface area contributed by atoms with Crippen LogP contribution >= 0.6 is 0 Å². The lowest BCUT2D eigenvalue weighted by Gasteiger charge is -2.04. The van der Waals surface area contributed by atoms with Crippen LogP contribution in [0.3, 0.4) is 0 Å². The third-order valence-electron chi connectivity index (χ3n) is 4.02. The van der Waals surface area contributed by atoms with E-state index in [0.29, 0.717) is 12.4 Å². The Kier molecular flexibility index (Phi) is 9.84. The van der Waals surface area contributed by atoms with Gasteiger partial charge >= 0.3 is 5.97 Å². The van der Waals surface area contributed by atoms with Gasteiger partial charge in [-0.2, -0.15) is 0 Å². The van der Waals surface area contributed by atoms with Gasteiger partial charge in [-0.25, -0.2) is 0 Å². The highest BCUT2D eigenvalue weighted by molar-refractivity contribution is 5.97. The summed E-state index contributed by atoms with van der Waals surface area (Å²) in [5, 5.41) is 0. The van der Waals surface area contributed by atoms with Crippen molar-refractivity contribution >= 4 is 11.8 Å². The van der Waals surface area contributed by atoms with Crippen LogP contribution in [0.1, 0.15) is 84.0 Å². The maximum atomic E-state index is 11.4. The van der Waals surface area contributed by atoms with E-state index >= 15 is 0 Å². The Hall–Kier alpha value is -1.12. The van der Waals surface area contributed by atoms with Gasteiger partial charge < -0.3 is 4.74 Å². The maximum Gasteiger partial charge on any atom is 0.302 e. The van der Waals surface area contributed by atoms with Crippen LogP contribution in [0.4, 0.5) is 0 Å². The van der Waals surface area contributed by atoms with E-state index in [1.54, 1.807) is 0 Å². The van der Waals surface area contributed by atoms with Crippen LogP contribution in [-0.2, 0) is 14.3 Å². The Morgan fingerprint density at radius 3 is 2.10 bits per heavy atom. The van der Waals surface area contributed by atoms with E-state index in [-0.39, 0.29) is 5.97 Å². The molecule has 0 bridgehead atoms. The van der Waals surface area contributed by atoms with Crippen LogP contribution in [0.2, 0.25) is 0 Å². The largest absolute Gasteiger partial charge is 0.466 e. The Labute approximate surface area is 129 Å². The molecule has 1 aliphatic carbocycles. The molecule has 0 spiro atoms. The molecule has 0 aromatic heterocycles. The van der Waals surface area contributed by atoms with Crippen molar-refractivity contribution < 1.29 is 14.3 Å². The molecule has 0 fully saturated rings. The minimum atomic E-state index is -0.176. The highest BCUT2D eigenvalue weighted by Crippen LogP contribution is 2.20. The molecule has 1 rings (SSSR count). The second kappa shape index (κ2) is 11.5. The van der Waals surface area contributed by atoms with Crippen molar-refractivity contribution in [2.75, 3.05) is 6.61 Å². The standard InChI is InChI=1S/C18H30O3/c1-16(19)21-15-10-8-6-4-2-3-5-7-9-12-17-13-11-14-18(17)20/h13H,2-12,14-15H2,1H3. The fourth-order valence-electron chi connectivity index (χ4n) is 2.76. The van der Waals surface area contributed by atoms with Gasteiger partial charge in [-0.1, -0.05) is 51.0 Å². The van der Waals surface area contributed by atoms with E-state index < -0.39 is 0 Å². The third kappa shape index (κ3) is 9.43. The van der Waals surface area contributed by atoms with Gasteiger partial charge in [-0.05, 0) is 31.3 Å². The first-order valence-electron chi connectivity index (χ1n) is 8.56. The lowest BCUT2D eigenvalue weighted by molar-refractivity contribution is -0.141. The monoisotopic (exact) mass is 294 g/mol. The summed E-state index contributed by atoms with van der Waals surface area (Å²) in [5.74, 6) is 0.203. The Bertz CT molecular complexity index is 344. The number of ketones is 1. The fraction of sp³-hybridized carbons (Fsp3) is 0.778. The molecule has 3 nitrogen and oxygen atoms in total. The number of esters is 1. The summed E-state index contributed by atoms with van der Waals surface area (Å²) in [5.41, 5.74) is 1.09. The molecule has 1 aliphatic rings. The van der Waals surface area contributed by atoms with Crippen LogP contribution in [-0.4, -0.2) is 18.4 Å². The highest BCUT2D eigenvalue weighted by Gasteiger charge is 2.13. The van der Waals surface area contributed by atoms with Gasteiger partial charge in [0.05, 0.1) is 6.61 Å². The van der Waals surface area contributed by atoms with Gasteiger partial charge in [-0.15, -0.1) is 0 Å². The van der Waals surface area contributed by atoms with E-state index in [0.717, 1.165) is 37.7 Å². The average Bonchev–Trinajstić information content (AvgIpc) is 2.85. The predicted octanol–water partition coefficient (Wildman–Crippen LogP) is 4.74. The first-order chi connectivity index (χ1) is 10.2. The quantitative estimate of drug-likeness (QED) is 0.386. The molecule has 0 aromatic carbocycles. The lowest BCUT2D eigenvalue weighted by Crippen LogP contribution is -2.00. The normalized spacial score (nSPS) is 14.3. The molecule has 0 saturated heterocycles. The summed E-state index contributed by atoms with van der Waals surface area (Å²) in [7, 11) is 0. The molecular weight excluding hydrogens is 264 g/mol. The van der Waals surface area contributed by atoms with Gasteiger partial charge in [0, 0.05) is 13.3 Å². The summed E-state index contributed by atoms with van der Waals surface area (Å²) in [6.07, 6.45) is 15.8. The minimum Gasteiger partial charge on any atom is -0.466 e. The molecule has 0 radical (unpaired) electrons. The molecule has 0 amide bonds. The smallest absolute Gasteiger partial charge is 0.302 e. The maximum absolute atomic E-state index is 11.4. The Morgan fingerprint density at radius 1 is 1.00 bits per heavy atom. The average molecular weight is 294 g/mol. The number of ether oxygens (including phenoxy) is 1. The SMILES string of the molecule is CC(=O)OCCCCCCCCCCCC1=CCCC1=O. The molecule has 0 saturated carbocycles. The van der Waals surface area contributed by atoms with Crippen molar-refractivity contribution in [3.05, 3.63) is 11.6 Å². The number of Topliss-reactive ketones (excluding diaryl/α,β-unsaturated/α-hetero) is 1. The number of unbranched alkanes of at least 4 members (excludes halogenated alkanes) is 8. The van der Waals surface area contributed by atoms with Crippen molar-refractivity contribution in [1.29, 1.82) is 0 Å². The zero-order valence-corrected chi connectivity index (χ0v) is 13.5. The van der Waals surface area contributed by atoms with Crippen molar-refractivity contribution in [2.45, 2.75) is 84.0 Å². The van der Waals surface area contributed by atoms with Gasteiger partial charge in [0.2, 0.25) is 0 Å². The van der Waals surface area contributed by atoms with Crippen LogP contribution in [0.5, 0.6) is 0 Å². The number of hydrogen-bond donors (Lipinski definition) is 0. The van der Waals surface area contributed by atoms with Gasteiger partial charge in [-0.3, -0.25) is 9.59 Å². The number of allylic oxidation sites excluding steroid dienone is 2. The second-order valence-electron chi connectivity index (χ2n) is 5.96. The fourth-order valence-corrected chi connectivity index (χ4v) is 2.76. The van der Waals surface area contributed by atoms with Crippen LogP contribution in [0.25, 0.3) is 0 Å². The van der Waals surface area contributed by atoms with Crippen molar-refractivity contribution in [1.82, 2.24) is 0 Å². The Balaban J connectivity index is 1.76. The highest BCUT2D eigenvalue weighted by atomic mass is 16.5.